The quantitative estimate of drug-likeness (QED) is 0.456. The van der Waals surface area contributed by atoms with Crippen molar-refractivity contribution in [2.45, 2.75) is 64.7 Å². The van der Waals surface area contributed by atoms with E-state index in [2.05, 4.69) is 33.4 Å². The van der Waals surface area contributed by atoms with Crippen LogP contribution < -0.4 is 10.6 Å². The number of aromatic hydroxyl groups is 1. The topological polar surface area (TPSA) is 75.1 Å². The normalized spacial score (nSPS) is 13.7. The fourth-order valence-corrected chi connectivity index (χ4v) is 4.12. The fraction of sp³-hybridized carbons (Fsp3) is 0.370. The molecule has 174 valence electrons. The van der Waals surface area contributed by atoms with Crippen molar-refractivity contribution in [1.82, 2.24) is 9.97 Å². The Bertz CT molecular complexity index is 1030. The first-order chi connectivity index (χ1) is 16.0. The van der Waals surface area contributed by atoms with E-state index in [1.807, 2.05) is 24.3 Å². The molecule has 3 aromatic rings. The molecule has 1 aromatic heterocycles. The van der Waals surface area contributed by atoms with Crippen LogP contribution in [0, 0.1) is 0 Å². The molecule has 1 aliphatic rings. The molecular weight excluding hydrogens is 429 g/mol. The van der Waals surface area contributed by atoms with Crippen LogP contribution in [-0.4, -0.2) is 21.0 Å². The highest BCUT2D eigenvalue weighted by atomic mass is 31.0. The number of anilines is 1. The van der Waals surface area contributed by atoms with E-state index in [1.165, 1.54) is 25.7 Å². The third kappa shape index (κ3) is 7.36. The largest absolute Gasteiger partial charge is 0.508 e. The van der Waals surface area contributed by atoms with Crippen LogP contribution >= 0.6 is 9.24 Å². The summed E-state index contributed by atoms with van der Waals surface area (Å²) >= 11 is 0. The highest BCUT2D eigenvalue weighted by molar-refractivity contribution is 7.27. The summed E-state index contributed by atoms with van der Waals surface area (Å²) in [5.41, 5.74) is 3.58. The molecule has 6 heteroatoms. The highest BCUT2D eigenvalue weighted by Gasteiger charge is 2.23. The second-order valence-corrected chi connectivity index (χ2v) is 9.21. The molecule has 0 aliphatic heterocycles. The summed E-state index contributed by atoms with van der Waals surface area (Å²) in [5.74, 6) is 0.940. The van der Waals surface area contributed by atoms with Gasteiger partial charge in [-0.3, -0.25) is 4.79 Å². The van der Waals surface area contributed by atoms with Gasteiger partial charge in [0, 0.05) is 11.5 Å². The molecule has 0 radical (unpaired) electrons. The van der Waals surface area contributed by atoms with E-state index in [0.29, 0.717) is 11.7 Å². The molecule has 1 fully saturated rings. The second-order valence-electron chi connectivity index (χ2n) is 8.54. The van der Waals surface area contributed by atoms with Gasteiger partial charge in [0.2, 0.25) is 5.91 Å². The Hall–Kier alpha value is -2.78. The molecule has 1 unspecified atom stereocenters. The molecule has 1 saturated carbocycles. The molecule has 1 heterocycles. The van der Waals surface area contributed by atoms with E-state index in [9.17, 15) is 9.90 Å². The first kappa shape index (κ1) is 24.9. The number of phenolic OH excluding ortho intramolecular Hbond substituents is 1. The summed E-state index contributed by atoms with van der Waals surface area (Å²) in [6.07, 6.45) is 8.97. The molecule has 2 aromatic carbocycles. The number of benzene rings is 2. The van der Waals surface area contributed by atoms with Crippen LogP contribution in [0.15, 0.2) is 54.7 Å². The van der Waals surface area contributed by atoms with Gasteiger partial charge in [0.05, 0.1) is 24.0 Å². The number of amides is 1. The van der Waals surface area contributed by atoms with E-state index in [-0.39, 0.29) is 18.1 Å². The van der Waals surface area contributed by atoms with Crippen molar-refractivity contribution in [3.05, 3.63) is 66.0 Å². The number of rotatable bonds is 5. The minimum atomic E-state index is -0.132. The van der Waals surface area contributed by atoms with Gasteiger partial charge in [-0.1, -0.05) is 75.9 Å². The van der Waals surface area contributed by atoms with Gasteiger partial charge in [-0.05, 0) is 35.8 Å². The van der Waals surface area contributed by atoms with Crippen molar-refractivity contribution < 1.29 is 9.90 Å². The van der Waals surface area contributed by atoms with E-state index >= 15 is 0 Å². The Kier molecular flexibility index (Phi) is 9.38. The summed E-state index contributed by atoms with van der Waals surface area (Å²) in [4.78, 5) is 22.2. The number of nitrogens with zero attached hydrogens (tertiary/aromatic N) is 2. The molecule has 1 amide bonds. The zero-order valence-electron chi connectivity index (χ0n) is 19.6. The number of nitrogens with one attached hydrogen (secondary N) is 1. The van der Waals surface area contributed by atoms with Gasteiger partial charge in [0.1, 0.15) is 5.75 Å². The Labute approximate surface area is 199 Å². The smallest absolute Gasteiger partial charge is 0.229 e. The maximum absolute atomic E-state index is 12.7. The number of carbonyl (C=O) groups is 1. The Balaban J connectivity index is 0.000000968. The van der Waals surface area contributed by atoms with Gasteiger partial charge in [0.15, 0.2) is 5.82 Å². The van der Waals surface area contributed by atoms with Crippen molar-refractivity contribution in [3.8, 4) is 17.0 Å². The molecule has 33 heavy (non-hydrogen) atoms. The van der Waals surface area contributed by atoms with Crippen LogP contribution in [0.25, 0.3) is 11.3 Å². The lowest BCUT2D eigenvalue weighted by Gasteiger charge is -2.23. The highest BCUT2D eigenvalue weighted by Crippen LogP contribution is 2.35. The second kappa shape index (κ2) is 12.5. The lowest BCUT2D eigenvalue weighted by Crippen LogP contribution is -2.19. The van der Waals surface area contributed by atoms with Crippen LogP contribution in [0.2, 0.25) is 0 Å². The number of aromatic nitrogens is 2. The molecule has 0 bridgehead atoms. The molecule has 5 nitrogen and oxygen atoms in total. The summed E-state index contributed by atoms with van der Waals surface area (Å²) < 4.78 is 0. The van der Waals surface area contributed by atoms with E-state index in [4.69, 9.17) is 4.98 Å². The van der Waals surface area contributed by atoms with Crippen LogP contribution in [0.4, 0.5) is 5.82 Å². The van der Waals surface area contributed by atoms with Crippen molar-refractivity contribution in [2.24, 2.45) is 0 Å². The first-order valence-corrected chi connectivity index (χ1v) is 12.4. The SMILES string of the molecule is CCC.O=C(Cc1ccc(O)cc1)Nc1ncc(-c2ccc(P)cc2)nc1C1CCCCC1. The summed E-state index contributed by atoms with van der Waals surface area (Å²) in [7, 11) is 2.69. The van der Waals surface area contributed by atoms with E-state index < -0.39 is 0 Å². The maximum Gasteiger partial charge on any atom is 0.229 e. The zero-order valence-corrected chi connectivity index (χ0v) is 20.7. The van der Waals surface area contributed by atoms with Crippen molar-refractivity contribution in [1.29, 1.82) is 0 Å². The van der Waals surface area contributed by atoms with Crippen molar-refractivity contribution in [2.75, 3.05) is 5.32 Å². The molecule has 2 N–H and O–H groups in total. The van der Waals surface area contributed by atoms with Crippen LogP contribution in [-0.2, 0) is 11.2 Å². The first-order valence-electron chi connectivity index (χ1n) is 11.8. The third-order valence-corrected chi connectivity index (χ3v) is 5.94. The van der Waals surface area contributed by atoms with Gasteiger partial charge < -0.3 is 10.4 Å². The van der Waals surface area contributed by atoms with Gasteiger partial charge >= 0.3 is 0 Å². The minimum absolute atomic E-state index is 0.132. The van der Waals surface area contributed by atoms with E-state index in [0.717, 1.165) is 40.7 Å². The summed E-state index contributed by atoms with van der Waals surface area (Å²) in [6.45, 7) is 4.25. The van der Waals surface area contributed by atoms with Gasteiger partial charge in [-0.25, -0.2) is 9.97 Å². The number of hydrogen-bond donors (Lipinski definition) is 2. The predicted molar refractivity (Wildman–Crippen MR) is 139 cm³/mol. The molecule has 1 aliphatic carbocycles. The molecule has 1 atom stereocenters. The third-order valence-electron chi connectivity index (χ3n) is 5.56. The van der Waals surface area contributed by atoms with Crippen molar-refractivity contribution >= 4 is 26.3 Å². The molecular formula is C27H34N3O2P. The minimum Gasteiger partial charge on any atom is -0.508 e. The number of carbonyl (C=O) groups excluding carboxylic acids is 1. The average molecular weight is 464 g/mol. The number of hydrogen-bond acceptors (Lipinski definition) is 4. The van der Waals surface area contributed by atoms with Gasteiger partial charge in [0.25, 0.3) is 0 Å². The summed E-state index contributed by atoms with van der Waals surface area (Å²) in [6, 6.07) is 14.8. The Morgan fingerprint density at radius 3 is 2.30 bits per heavy atom. The zero-order chi connectivity index (χ0) is 23.6. The molecule has 4 rings (SSSR count). The van der Waals surface area contributed by atoms with Gasteiger partial charge in [-0.15, -0.1) is 9.24 Å². The van der Waals surface area contributed by atoms with Crippen molar-refractivity contribution in [3.63, 3.8) is 0 Å². The van der Waals surface area contributed by atoms with Crippen LogP contribution in [0.1, 0.15) is 69.5 Å². The van der Waals surface area contributed by atoms with Crippen LogP contribution in [0.5, 0.6) is 5.75 Å². The standard InChI is InChI=1S/C24H26N3O2P.C3H8/c28-19-10-6-16(7-11-19)14-22(29)27-24-23(18-4-2-1-3-5-18)26-21(15-25-24)17-8-12-20(30)13-9-17;1-3-2/h6-13,15,18,28H,1-5,14,30H2,(H,25,27,29);3H2,1-2H3. The average Bonchev–Trinajstić information content (AvgIpc) is 2.82. The monoisotopic (exact) mass is 463 g/mol. The van der Waals surface area contributed by atoms with E-state index in [1.54, 1.807) is 30.5 Å². The summed E-state index contributed by atoms with van der Waals surface area (Å²) in [5, 5.41) is 13.5. The van der Waals surface area contributed by atoms with Gasteiger partial charge in [-0.2, -0.15) is 0 Å². The molecule has 0 saturated heterocycles. The van der Waals surface area contributed by atoms with Crippen LogP contribution in [0.3, 0.4) is 0 Å². The Morgan fingerprint density at radius 2 is 1.67 bits per heavy atom. The lowest BCUT2D eigenvalue weighted by atomic mass is 9.86. The number of phenols is 1. The maximum atomic E-state index is 12.7. The molecule has 0 spiro atoms. The Morgan fingerprint density at radius 1 is 1.03 bits per heavy atom. The fourth-order valence-electron chi connectivity index (χ4n) is 3.93. The lowest BCUT2D eigenvalue weighted by molar-refractivity contribution is -0.115. The predicted octanol–water partition coefficient (Wildman–Crippen LogP) is 5.99.